The Morgan fingerprint density at radius 3 is 2.86 bits per heavy atom. The van der Waals surface area contributed by atoms with E-state index in [1.807, 2.05) is 37.3 Å². The lowest BCUT2D eigenvalue weighted by molar-refractivity contribution is -0.0263. The number of β-amino-alcohol motifs (C(OH)–C–C–N with tert-alkyl or cyclic N) is 1. The Labute approximate surface area is 166 Å². The number of nitrogen functional groups attached to an aromatic ring is 1. The Hall–Kier alpha value is -3.30. The molecule has 1 fully saturated rings. The largest absolute Gasteiger partial charge is 0.478 e. The van der Waals surface area contributed by atoms with Crippen LogP contribution in [0.5, 0.6) is 5.88 Å². The molecule has 0 amide bonds. The lowest BCUT2D eigenvalue weighted by Crippen LogP contribution is -2.61. The molecule has 1 saturated heterocycles. The number of ether oxygens (including phenoxy) is 1. The molecule has 0 atom stereocenters. The number of benzene rings is 1. The molecule has 1 aliphatic heterocycles. The molecule has 5 rings (SSSR count). The van der Waals surface area contributed by atoms with Gasteiger partial charge in [-0.2, -0.15) is 5.10 Å². The van der Waals surface area contributed by atoms with Crippen molar-refractivity contribution in [2.75, 3.05) is 25.4 Å². The van der Waals surface area contributed by atoms with E-state index in [-0.39, 0.29) is 0 Å². The van der Waals surface area contributed by atoms with Crippen LogP contribution >= 0.6 is 0 Å². The van der Waals surface area contributed by atoms with E-state index < -0.39 is 5.60 Å². The number of nitrogens with zero attached hydrogens (tertiary/aromatic N) is 5. The monoisotopic (exact) mass is 391 g/mol. The van der Waals surface area contributed by atoms with Gasteiger partial charge in [-0.3, -0.25) is 0 Å². The molecule has 0 aliphatic carbocycles. The Balaban J connectivity index is 1.63. The molecule has 3 aromatic heterocycles. The molecular formula is C20H21N7O2. The second kappa shape index (κ2) is 6.64. The zero-order chi connectivity index (χ0) is 20.0. The third-order valence-corrected chi connectivity index (χ3v) is 5.14. The predicted molar refractivity (Wildman–Crippen MR) is 109 cm³/mol. The summed E-state index contributed by atoms with van der Waals surface area (Å²) < 4.78 is 7.19. The summed E-state index contributed by atoms with van der Waals surface area (Å²) in [6, 6.07) is 9.71. The number of aromatic nitrogens is 5. The summed E-state index contributed by atoms with van der Waals surface area (Å²) >= 11 is 0. The summed E-state index contributed by atoms with van der Waals surface area (Å²) in [6.07, 6.45) is 1.42. The van der Waals surface area contributed by atoms with Gasteiger partial charge in [0.15, 0.2) is 5.65 Å². The van der Waals surface area contributed by atoms with Crippen LogP contribution in [0.15, 0.2) is 36.7 Å². The second-order valence-electron chi connectivity index (χ2n) is 7.28. The number of nitrogens with two attached hydrogens (primary N) is 1. The van der Waals surface area contributed by atoms with E-state index in [0.29, 0.717) is 54.7 Å². The zero-order valence-corrected chi connectivity index (χ0v) is 16.0. The lowest BCUT2D eigenvalue weighted by Gasteiger charge is -2.37. The number of anilines is 1. The number of hydrogen-bond donors (Lipinski definition) is 3. The van der Waals surface area contributed by atoms with Crippen molar-refractivity contribution < 1.29 is 9.84 Å². The van der Waals surface area contributed by atoms with Crippen molar-refractivity contribution in [3.63, 3.8) is 0 Å². The van der Waals surface area contributed by atoms with Crippen molar-refractivity contribution in [1.82, 2.24) is 30.0 Å². The van der Waals surface area contributed by atoms with E-state index in [4.69, 9.17) is 15.6 Å². The molecule has 9 heteroatoms. The molecule has 0 radical (unpaired) electrons. The van der Waals surface area contributed by atoms with Gasteiger partial charge in [-0.15, -0.1) is 0 Å². The molecule has 0 unspecified atom stereocenters. The Morgan fingerprint density at radius 2 is 2.10 bits per heavy atom. The highest BCUT2D eigenvalue weighted by Gasteiger charge is 2.36. The van der Waals surface area contributed by atoms with Crippen molar-refractivity contribution in [3.05, 3.63) is 36.7 Å². The van der Waals surface area contributed by atoms with E-state index in [0.717, 1.165) is 16.5 Å². The quantitative estimate of drug-likeness (QED) is 0.466. The molecule has 0 spiro atoms. The molecule has 29 heavy (non-hydrogen) atoms. The first kappa shape index (κ1) is 17.8. The van der Waals surface area contributed by atoms with Crippen molar-refractivity contribution >= 4 is 27.8 Å². The van der Waals surface area contributed by atoms with Crippen molar-refractivity contribution in [3.8, 4) is 17.1 Å². The number of nitrogens with one attached hydrogen (secondary N) is 1. The summed E-state index contributed by atoms with van der Waals surface area (Å²) in [5.74, 6) is 0.961. The van der Waals surface area contributed by atoms with Crippen LogP contribution in [0.2, 0.25) is 0 Å². The number of hydrogen-bond acceptors (Lipinski definition) is 8. The highest BCUT2D eigenvalue weighted by Crippen LogP contribution is 2.32. The maximum atomic E-state index is 10.6. The van der Waals surface area contributed by atoms with Crippen molar-refractivity contribution in [2.24, 2.45) is 0 Å². The molecule has 148 valence electrons. The molecule has 1 aromatic carbocycles. The lowest BCUT2D eigenvalue weighted by atomic mass is 9.98. The number of fused-ring (bicyclic) bond motifs is 2. The van der Waals surface area contributed by atoms with Gasteiger partial charge in [0.2, 0.25) is 5.88 Å². The Bertz CT molecular complexity index is 1220. The van der Waals surface area contributed by atoms with Crippen LogP contribution in [-0.2, 0) is 6.54 Å². The average molecular weight is 391 g/mol. The smallest absolute Gasteiger partial charge is 0.213 e. The van der Waals surface area contributed by atoms with Gasteiger partial charge in [-0.05, 0) is 25.1 Å². The van der Waals surface area contributed by atoms with Crippen LogP contribution in [0.1, 0.15) is 6.92 Å². The van der Waals surface area contributed by atoms with Crippen molar-refractivity contribution in [2.45, 2.75) is 19.1 Å². The van der Waals surface area contributed by atoms with E-state index in [2.05, 4.69) is 20.3 Å². The second-order valence-corrected chi connectivity index (χ2v) is 7.28. The van der Waals surface area contributed by atoms with Crippen LogP contribution in [0.3, 0.4) is 0 Å². The van der Waals surface area contributed by atoms with Crippen LogP contribution in [0.4, 0.5) is 5.82 Å². The molecule has 4 N–H and O–H groups in total. The molecule has 0 bridgehead atoms. The molecule has 1 aliphatic rings. The van der Waals surface area contributed by atoms with E-state index in [1.54, 1.807) is 4.68 Å². The van der Waals surface area contributed by atoms with Gasteiger partial charge in [-0.1, -0.05) is 6.07 Å². The first-order valence-electron chi connectivity index (χ1n) is 9.50. The fourth-order valence-electron chi connectivity index (χ4n) is 3.63. The maximum Gasteiger partial charge on any atom is 0.213 e. The Morgan fingerprint density at radius 1 is 1.24 bits per heavy atom. The van der Waals surface area contributed by atoms with Gasteiger partial charge in [0.05, 0.1) is 24.1 Å². The minimum atomic E-state index is -0.834. The van der Waals surface area contributed by atoms with E-state index in [1.165, 1.54) is 6.33 Å². The summed E-state index contributed by atoms with van der Waals surface area (Å²) in [4.78, 5) is 13.0. The number of pyridine rings is 1. The SMILES string of the molecule is CCOc1ccc2cc(-c3nn(CC4(O)CNC4)c4ncnc(N)c34)ccc2n1. The van der Waals surface area contributed by atoms with Crippen LogP contribution < -0.4 is 15.8 Å². The molecule has 4 aromatic rings. The van der Waals surface area contributed by atoms with Gasteiger partial charge < -0.3 is 20.9 Å². The average Bonchev–Trinajstić information content (AvgIpc) is 3.06. The topological polar surface area (TPSA) is 124 Å². The standard InChI is InChI=1S/C20H21N7O2/c1-2-29-15-6-4-12-7-13(3-5-14(12)25-15)17-16-18(21)23-11-24-19(16)27(26-17)10-20(28)8-22-9-20/h3-7,11,22,28H,2,8-10H2,1H3,(H2,21,23,24). The fraction of sp³-hybridized carbons (Fsp3) is 0.300. The molecule has 9 nitrogen and oxygen atoms in total. The normalized spacial score (nSPS) is 15.5. The van der Waals surface area contributed by atoms with Crippen LogP contribution in [0.25, 0.3) is 33.2 Å². The van der Waals surface area contributed by atoms with Gasteiger partial charge in [-0.25, -0.2) is 19.6 Å². The number of rotatable bonds is 5. The summed E-state index contributed by atoms with van der Waals surface area (Å²) in [5.41, 5.74) is 8.35. The minimum absolute atomic E-state index is 0.333. The highest BCUT2D eigenvalue weighted by molar-refractivity contribution is 5.99. The van der Waals surface area contributed by atoms with Crippen LogP contribution in [-0.4, -0.2) is 55.1 Å². The third-order valence-electron chi connectivity index (χ3n) is 5.14. The number of aliphatic hydroxyl groups is 1. The van der Waals surface area contributed by atoms with Gasteiger partial charge in [0.25, 0.3) is 0 Å². The molecular weight excluding hydrogens is 370 g/mol. The first-order valence-corrected chi connectivity index (χ1v) is 9.50. The summed E-state index contributed by atoms with van der Waals surface area (Å²) in [7, 11) is 0. The molecule has 4 heterocycles. The molecule has 0 saturated carbocycles. The van der Waals surface area contributed by atoms with E-state index in [9.17, 15) is 5.11 Å². The third kappa shape index (κ3) is 3.04. The predicted octanol–water partition coefficient (Wildman–Crippen LogP) is 1.36. The zero-order valence-electron chi connectivity index (χ0n) is 16.0. The summed E-state index contributed by atoms with van der Waals surface area (Å²) in [6.45, 7) is 3.88. The fourth-order valence-corrected chi connectivity index (χ4v) is 3.63. The van der Waals surface area contributed by atoms with Gasteiger partial charge in [0, 0.05) is 30.1 Å². The van der Waals surface area contributed by atoms with Gasteiger partial charge >= 0.3 is 0 Å². The van der Waals surface area contributed by atoms with Crippen molar-refractivity contribution in [1.29, 1.82) is 0 Å². The minimum Gasteiger partial charge on any atom is -0.478 e. The van der Waals surface area contributed by atoms with Crippen LogP contribution in [0, 0.1) is 0 Å². The first-order chi connectivity index (χ1) is 14.1. The highest BCUT2D eigenvalue weighted by atomic mass is 16.5. The van der Waals surface area contributed by atoms with Gasteiger partial charge in [0.1, 0.15) is 23.4 Å². The maximum absolute atomic E-state index is 10.6. The Kier molecular flexibility index (Phi) is 4.07. The summed E-state index contributed by atoms with van der Waals surface area (Å²) in [5, 5.41) is 20.0. The van der Waals surface area contributed by atoms with E-state index >= 15 is 0 Å².